The van der Waals surface area contributed by atoms with Crippen molar-refractivity contribution in [1.82, 2.24) is 9.80 Å². The fourth-order valence-corrected chi connectivity index (χ4v) is 2.80. The van der Waals surface area contributed by atoms with Gasteiger partial charge in [0.1, 0.15) is 0 Å². The molecule has 0 bridgehead atoms. The van der Waals surface area contributed by atoms with Crippen LogP contribution in [0, 0.1) is 6.92 Å². The molecule has 3 rings (SSSR count). The van der Waals surface area contributed by atoms with E-state index in [9.17, 15) is 9.59 Å². The summed E-state index contributed by atoms with van der Waals surface area (Å²) in [5, 5.41) is 0. The molecular weight excluding hydrogens is 302 g/mol. The van der Waals surface area contributed by atoms with Crippen LogP contribution in [0.4, 0.5) is 5.69 Å². The van der Waals surface area contributed by atoms with Crippen LogP contribution >= 0.6 is 0 Å². The fourth-order valence-electron chi connectivity index (χ4n) is 2.80. The van der Waals surface area contributed by atoms with Crippen LogP contribution in [0.15, 0.2) is 48.5 Å². The lowest BCUT2D eigenvalue weighted by atomic mass is 10.1. The van der Waals surface area contributed by atoms with E-state index >= 15 is 0 Å². The van der Waals surface area contributed by atoms with E-state index in [-0.39, 0.29) is 11.8 Å². The normalized spacial score (nSPS) is 14.5. The Morgan fingerprint density at radius 2 is 1.12 bits per heavy atom. The van der Waals surface area contributed by atoms with Crippen molar-refractivity contribution in [2.45, 2.75) is 6.92 Å². The molecule has 0 atom stereocenters. The fraction of sp³-hybridized carbons (Fsp3) is 0.263. The molecule has 0 radical (unpaired) electrons. The lowest BCUT2D eigenvalue weighted by Crippen LogP contribution is -2.50. The summed E-state index contributed by atoms with van der Waals surface area (Å²) in [5.41, 5.74) is 8.74. The zero-order valence-electron chi connectivity index (χ0n) is 13.7. The average molecular weight is 323 g/mol. The van der Waals surface area contributed by atoms with Crippen molar-refractivity contribution in [1.29, 1.82) is 0 Å². The second kappa shape index (κ2) is 6.74. The van der Waals surface area contributed by atoms with Gasteiger partial charge >= 0.3 is 0 Å². The van der Waals surface area contributed by atoms with Crippen LogP contribution in [-0.2, 0) is 0 Å². The standard InChI is InChI=1S/C19H21N3O2/c1-14-2-4-15(5-3-14)18(23)21-10-12-22(13-11-21)19(24)16-6-8-17(20)9-7-16/h2-9H,10-13,20H2,1H3. The Morgan fingerprint density at radius 3 is 1.54 bits per heavy atom. The molecule has 0 aliphatic carbocycles. The summed E-state index contributed by atoms with van der Waals surface area (Å²) in [6.45, 7) is 4.18. The smallest absolute Gasteiger partial charge is 0.253 e. The van der Waals surface area contributed by atoms with Crippen molar-refractivity contribution in [2.24, 2.45) is 0 Å². The third kappa shape index (κ3) is 3.40. The van der Waals surface area contributed by atoms with Gasteiger partial charge in [0, 0.05) is 43.0 Å². The van der Waals surface area contributed by atoms with Crippen LogP contribution in [-0.4, -0.2) is 47.8 Å². The van der Waals surface area contributed by atoms with Crippen molar-refractivity contribution in [3.63, 3.8) is 0 Å². The van der Waals surface area contributed by atoms with E-state index in [0.717, 1.165) is 5.56 Å². The number of amides is 2. The van der Waals surface area contributed by atoms with Gasteiger partial charge in [-0.15, -0.1) is 0 Å². The SMILES string of the molecule is Cc1ccc(C(=O)N2CCN(C(=O)c3ccc(N)cc3)CC2)cc1. The van der Waals surface area contributed by atoms with Gasteiger partial charge in [0.2, 0.25) is 0 Å². The average Bonchev–Trinajstić information content (AvgIpc) is 2.62. The molecular formula is C19H21N3O2. The number of carbonyl (C=O) groups is 2. The molecule has 1 aliphatic rings. The maximum Gasteiger partial charge on any atom is 0.253 e. The topological polar surface area (TPSA) is 66.6 Å². The molecule has 24 heavy (non-hydrogen) atoms. The molecule has 5 heteroatoms. The number of benzene rings is 2. The largest absolute Gasteiger partial charge is 0.399 e. The van der Waals surface area contributed by atoms with Gasteiger partial charge in [0.15, 0.2) is 0 Å². The molecule has 0 saturated carbocycles. The van der Waals surface area contributed by atoms with E-state index in [0.29, 0.717) is 43.0 Å². The van der Waals surface area contributed by atoms with Gasteiger partial charge in [0.25, 0.3) is 11.8 Å². The van der Waals surface area contributed by atoms with E-state index in [4.69, 9.17) is 5.73 Å². The van der Waals surface area contributed by atoms with E-state index in [1.165, 1.54) is 0 Å². The van der Waals surface area contributed by atoms with Gasteiger partial charge < -0.3 is 15.5 Å². The summed E-state index contributed by atoms with van der Waals surface area (Å²) in [5.74, 6) is 0.00650. The number of rotatable bonds is 2. The highest BCUT2D eigenvalue weighted by Gasteiger charge is 2.25. The van der Waals surface area contributed by atoms with E-state index in [1.54, 1.807) is 34.1 Å². The number of hydrogen-bond donors (Lipinski definition) is 1. The third-order valence-electron chi connectivity index (χ3n) is 4.31. The molecule has 0 unspecified atom stereocenters. The highest BCUT2D eigenvalue weighted by molar-refractivity contribution is 5.96. The highest BCUT2D eigenvalue weighted by Crippen LogP contribution is 2.13. The Balaban J connectivity index is 1.61. The number of carbonyl (C=O) groups excluding carboxylic acids is 2. The minimum absolute atomic E-state index is 0.0163. The Bertz CT molecular complexity index is 665. The van der Waals surface area contributed by atoms with Crippen LogP contribution in [0.1, 0.15) is 26.3 Å². The van der Waals surface area contributed by atoms with Crippen molar-refractivity contribution >= 4 is 17.5 Å². The van der Waals surface area contributed by atoms with Crippen LogP contribution in [0.5, 0.6) is 0 Å². The lowest BCUT2D eigenvalue weighted by molar-refractivity contribution is 0.0535. The zero-order valence-corrected chi connectivity index (χ0v) is 13.7. The molecule has 5 nitrogen and oxygen atoms in total. The lowest BCUT2D eigenvalue weighted by Gasteiger charge is -2.35. The number of nitrogens with zero attached hydrogens (tertiary/aromatic N) is 2. The first kappa shape index (κ1) is 16.1. The summed E-state index contributed by atoms with van der Waals surface area (Å²) < 4.78 is 0. The molecule has 1 saturated heterocycles. The second-order valence-electron chi connectivity index (χ2n) is 6.07. The molecule has 1 heterocycles. The molecule has 0 aromatic heterocycles. The predicted molar refractivity (Wildman–Crippen MR) is 93.8 cm³/mol. The molecule has 1 aliphatic heterocycles. The summed E-state index contributed by atoms with van der Waals surface area (Å²) in [7, 11) is 0. The van der Waals surface area contributed by atoms with E-state index in [2.05, 4.69) is 0 Å². The van der Waals surface area contributed by atoms with Gasteiger partial charge in [-0.1, -0.05) is 17.7 Å². The van der Waals surface area contributed by atoms with Crippen molar-refractivity contribution in [3.8, 4) is 0 Å². The minimum Gasteiger partial charge on any atom is -0.399 e. The van der Waals surface area contributed by atoms with Gasteiger partial charge in [-0.25, -0.2) is 0 Å². The molecule has 1 fully saturated rings. The number of piperazine rings is 1. The van der Waals surface area contributed by atoms with Gasteiger partial charge in [-0.3, -0.25) is 9.59 Å². The summed E-state index contributed by atoms with van der Waals surface area (Å²) in [6, 6.07) is 14.5. The molecule has 0 spiro atoms. The Kier molecular flexibility index (Phi) is 4.51. The molecule has 2 N–H and O–H groups in total. The van der Waals surface area contributed by atoms with Gasteiger partial charge in [0.05, 0.1) is 0 Å². The number of hydrogen-bond acceptors (Lipinski definition) is 3. The zero-order chi connectivity index (χ0) is 17.1. The van der Waals surface area contributed by atoms with Crippen molar-refractivity contribution in [2.75, 3.05) is 31.9 Å². The van der Waals surface area contributed by atoms with Crippen LogP contribution in [0.25, 0.3) is 0 Å². The molecule has 124 valence electrons. The number of nitrogens with two attached hydrogens (primary N) is 1. The molecule has 2 aromatic rings. The van der Waals surface area contributed by atoms with Crippen LogP contribution in [0.3, 0.4) is 0 Å². The molecule has 2 amide bonds. The van der Waals surface area contributed by atoms with Crippen LogP contribution < -0.4 is 5.73 Å². The maximum atomic E-state index is 12.5. The maximum absolute atomic E-state index is 12.5. The number of aryl methyl sites for hydroxylation is 1. The minimum atomic E-state index is -0.0163. The third-order valence-corrected chi connectivity index (χ3v) is 4.31. The quantitative estimate of drug-likeness (QED) is 0.861. The van der Waals surface area contributed by atoms with Crippen LogP contribution in [0.2, 0.25) is 0 Å². The Hall–Kier alpha value is -2.82. The van der Waals surface area contributed by atoms with Crippen molar-refractivity contribution in [3.05, 3.63) is 65.2 Å². The van der Waals surface area contributed by atoms with Gasteiger partial charge in [-0.2, -0.15) is 0 Å². The molecule has 2 aromatic carbocycles. The number of anilines is 1. The first-order valence-corrected chi connectivity index (χ1v) is 8.05. The van der Waals surface area contributed by atoms with Gasteiger partial charge in [-0.05, 0) is 43.3 Å². The first-order chi connectivity index (χ1) is 11.5. The highest BCUT2D eigenvalue weighted by atomic mass is 16.2. The Morgan fingerprint density at radius 1 is 0.750 bits per heavy atom. The first-order valence-electron chi connectivity index (χ1n) is 8.05. The van der Waals surface area contributed by atoms with E-state index < -0.39 is 0 Å². The monoisotopic (exact) mass is 323 g/mol. The second-order valence-corrected chi connectivity index (χ2v) is 6.07. The van der Waals surface area contributed by atoms with E-state index in [1.807, 2.05) is 31.2 Å². The Labute approximate surface area is 141 Å². The summed E-state index contributed by atoms with van der Waals surface area (Å²) in [6.07, 6.45) is 0. The number of nitrogen functional groups attached to an aromatic ring is 1. The predicted octanol–water partition coefficient (Wildman–Crippen LogP) is 2.18. The summed E-state index contributed by atoms with van der Waals surface area (Å²) >= 11 is 0. The summed E-state index contributed by atoms with van der Waals surface area (Å²) in [4.78, 5) is 28.6. The van der Waals surface area contributed by atoms with Crippen molar-refractivity contribution < 1.29 is 9.59 Å².